The van der Waals surface area contributed by atoms with Crippen molar-refractivity contribution >= 4 is 16.8 Å². The third-order valence-electron chi connectivity index (χ3n) is 8.26. The second kappa shape index (κ2) is 8.27. The van der Waals surface area contributed by atoms with Gasteiger partial charge < -0.3 is 9.72 Å². The SMILES string of the molecule is COc1ccc([C@]23CC(C#N)C(=O)[C@@H](C)[C@@H]2CCc2c(-c4ccc5[nH]cnc5c4)nc(C)nc23)cc1. The number of nitrogens with zero attached hydrogens (tertiary/aromatic N) is 4. The van der Waals surface area contributed by atoms with Crippen molar-refractivity contribution in [3.05, 3.63) is 71.4 Å². The van der Waals surface area contributed by atoms with Crippen LogP contribution in [0.2, 0.25) is 0 Å². The van der Waals surface area contributed by atoms with Crippen LogP contribution in [0.15, 0.2) is 48.8 Å². The minimum atomic E-state index is -0.677. The molecule has 1 fully saturated rings. The number of imidazole rings is 1. The van der Waals surface area contributed by atoms with Gasteiger partial charge in [0.1, 0.15) is 17.5 Å². The normalized spacial score (nSPS) is 25.2. The quantitative estimate of drug-likeness (QED) is 0.448. The monoisotopic (exact) mass is 477 g/mol. The lowest BCUT2D eigenvalue weighted by Crippen LogP contribution is -2.53. The van der Waals surface area contributed by atoms with Crippen LogP contribution in [0.25, 0.3) is 22.3 Å². The van der Waals surface area contributed by atoms with Crippen molar-refractivity contribution in [1.29, 1.82) is 5.26 Å². The molecule has 0 aliphatic heterocycles. The highest BCUT2D eigenvalue weighted by Crippen LogP contribution is 2.56. The minimum Gasteiger partial charge on any atom is -0.497 e. The third kappa shape index (κ3) is 3.17. The van der Waals surface area contributed by atoms with E-state index in [4.69, 9.17) is 14.7 Å². The van der Waals surface area contributed by atoms with Crippen molar-refractivity contribution < 1.29 is 9.53 Å². The van der Waals surface area contributed by atoms with Gasteiger partial charge in [0.25, 0.3) is 0 Å². The van der Waals surface area contributed by atoms with Gasteiger partial charge >= 0.3 is 0 Å². The topological polar surface area (TPSA) is 105 Å². The Hall–Kier alpha value is -4.05. The van der Waals surface area contributed by atoms with E-state index in [2.05, 4.69) is 40.3 Å². The summed E-state index contributed by atoms with van der Waals surface area (Å²) in [6, 6.07) is 16.5. The summed E-state index contributed by atoms with van der Waals surface area (Å²) < 4.78 is 5.42. The fourth-order valence-electron chi connectivity index (χ4n) is 6.57. The van der Waals surface area contributed by atoms with Crippen molar-refractivity contribution in [1.82, 2.24) is 19.9 Å². The largest absolute Gasteiger partial charge is 0.497 e. The second-order valence-electron chi connectivity index (χ2n) is 10.0. The van der Waals surface area contributed by atoms with E-state index in [-0.39, 0.29) is 17.6 Å². The first kappa shape index (κ1) is 22.4. The van der Waals surface area contributed by atoms with Crippen LogP contribution in [0.4, 0.5) is 0 Å². The molecule has 4 aromatic rings. The maximum absolute atomic E-state index is 13.2. The molecule has 2 aliphatic rings. The number of carbonyl (C=O) groups is 1. The molecule has 7 nitrogen and oxygen atoms in total. The number of benzene rings is 2. The maximum atomic E-state index is 13.2. The predicted octanol–water partition coefficient (Wildman–Crippen LogP) is 4.93. The average molecular weight is 478 g/mol. The molecule has 180 valence electrons. The molecule has 0 saturated heterocycles. The van der Waals surface area contributed by atoms with Crippen LogP contribution < -0.4 is 4.74 Å². The summed E-state index contributed by atoms with van der Waals surface area (Å²) in [5.74, 6) is 0.626. The van der Waals surface area contributed by atoms with E-state index < -0.39 is 11.3 Å². The summed E-state index contributed by atoms with van der Waals surface area (Å²) in [6.45, 7) is 3.90. The number of aromatic amines is 1. The molecular weight excluding hydrogens is 450 g/mol. The number of carbonyl (C=O) groups excluding carboxylic acids is 1. The van der Waals surface area contributed by atoms with Crippen LogP contribution in [0.3, 0.4) is 0 Å². The van der Waals surface area contributed by atoms with Gasteiger partial charge in [0.05, 0.1) is 41.9 Å². The lowest BCUT2D eigenvalue weighted by molar-refractivity contribution is -0.131. The Bertz CT molecular complexity index is 1530. The number of aromatic nitrogens is 4. The minimum absolute atomic E-state index is 0.0464. The maximum Gasteiger partial charge on any atom is 0.153 e. The Morgan fingerprint density at radius 3 is 2.72 bits per heavy atom. The summed E-state index contributed by atoms with van der Waals surface area (Å²) in [5.41, 5.74) is 6.33. The lowest BCUT2D eigenvalue weighted by Gasteiger charge is -2.51. The van der Waals surface area contributed by atoms with Crippen LogP contribution in [0.5, 0.6) is 5.75 Å². The highest BCUT2D eigenvalue weighted by molar-refractivity contribution is 5.88. The number of nitrogens with one attached hydrogen (secondary N) is 1. The van der Waals surface area contributed by atoms with Gasteiger partial charge in [-0.05, 0) is 61.9 Å². The van der Waals surface area contributed by atoms with Gasteiger partial charge in [-0.2, -0.15) is 5.26 Å². The zero-order valence-corrected chi connectivity index (χ0v) is 20.6. The number of ketones is 1. The molecule has 4 atom stereocenters. The molecule has 1 unspecified atom stereocenters. The van der Waals surface area contributed by atoms with Crippen LogP contribution in [0, 0.1) is 36.0 Å². The molecule has 1 N–H and O–H groups in total. The van der Waals surface area contributed by atoms with Crippen LogP contribution in [-0.4, -0.2) is 32.8 Å². The lowest BCUT2D eigenvalue weighted by atomic mass is 9.50. The highest BCUT2D eigenvalue weighted by atomic mass is 16.5. The molecule has 2 heterocycles. The standard InChI is InChI=1S/C29H27N5O2/c1-16-23-10-9-22-26(18-4-11-24-25(12-18)32-15-31-24)33-17(2)34-28(22)29(23,13-19(14-30)27(16)35)20-5-7-21(36-3)8-6-20/h4-8,11-12,15-16,19,23H,9-10,13H2,1-3H3,(H,31,32)/t16-,19?,23-,29+/m0/s1. The van der Waals surface area contributed by atoms with E-state index in [1.54, 1.807) is 13.4 Å². The number of ether oxygens (including phenoxy) is 1. The first-order valence-corrected chi connectivity index (χ1v) is 12.4. The summed E-state index contributed by atoms with van der Waals surface area (Å²) >= 11 is 0. The Morgan fingerprint density at radius 1 is 1.17 bits per heavy atom. The van der Waals surface area contributed by atoms with Crippen molar-refractivity contribution in [3.63, 3.8) is 0 Å². The fraction of sp³-hybridized carbons (Fsp3) is 0.345. The summed E-state index contributed by atoms with van der Waals surface area (Å²) in [5, 5.41) is 9.99. The number of H-pyrrole nitrogens is 1. The van der Waals surface area contributed by atoms with E-state index in [1.165, 1.54) is 0 Å². The number of nitriles is 1. The summed E-state index contributed by atoms with van der Waals surface area (Å²) in [7, 11) is 1.65. The second-order valence-corrected chi connectivity index (χ2v) is 10.0. The molecule has 2 aliphatic carbocycles. The van der Waals surface area contributed by atoms with Crippen molar-refractivity contribution in [3.8, 4) is 23.1 Å². The number of hydrogen-bond acceptors (Lipinski definition) is 6. The van der Waals surface area contributed by atoms with Crippen molar-refractivity contribution in [2.75, 3.05) is 7.11 Å². The number of rotatable bonds is 3. The Morgan fingerprint density at radius 2 is 1.97 bits per heavy atom. The van der Waals surface area contributed by atoms with Crippen LogP contribution in [0.1, 0.15) is 42.4 Å². The Balaban J connectivity index is 1.63. The number of aryl methyl sites for hydroxylation is 1. The smallest absolute Gasteiger partial charge is 0.153 e. The van der Waals surface area contributed by atoms with Crippen molar-refractivity contribution in [2.24, 2.45) is 17.8 Å². The highest BCUT2D eigenvalue weighted by Gasteiger charge is 2.56. The predicted molar refractivity (Wildman–Crippen MR) is 135 cm³/mol. The molecule has 2 aromatic heterocycles. The Labute approximate surface area is 209 Å². The average Bonchev–Trinajstić information content (AvgIpc) is 3.38. The zero-order valence-electron chi connectivity index (χ0n) is 20.6. The Kier molecular flexibility index (Phi) is 5.15. The molecular formula is C29H27N5O2. The van der Waals surface area contributed by atoms with Gasteiger partial charge in [-0.25, -0.2) is 15.0 Å². The summed E-state index contributed by atoms with van der Waals surface area (Å²) in [4.78, 5) is 30.7. The van der Waals surface area contributed by atoms with Gasteiger partial charge in [0.2, 0.25) is 0 Å². The van der Waals surface area contributed by atoms with E-state index in [0.717, 1.165) is 57.7 Å². The fourth-order valence-corrected chi connectivity index (χ4v) is 6.57. The van der Waals surface area contributed by atoms with E-state index in [0.29, 0.717) is 12.2 Å². The molecule has 0 spiro atoms. The molecule has 7 heteroatoms. The number of methoxy groups -OCH3 is 1. The molecule has 0 bridgehead atoms. The molecule has 0 radical (unpaired) electrons. The molecule has 36 heavy (non-hydrogen) atoms. The first-order chi connectivity index (χ1) is 17.5. The van der Waals surface area contributed by atoms with Crippen LogP contribution in [-0.2, 0) is 16.6 Å². The molecule has 1 saturated carbocycles. The number of Topliss-reactive ketones (excluding diaryl/α,β-unsaturated/α-hetero) is 1. The molecule has 6 rings (SSSR count). The number of hydrogen-bond donors (Lipinski definition) is 1. The van der Waals surface area contributed by atoms with Gasteiger partial charge in [-0.15, -0.1) is 0 Å². The summed E-state index contributed by atoms with van der Waals surface area (Å²) in [6.07, 6.45) is 3.72. The van der Waals surface area contributed by atoms with Crippen LogP contribution >= 0.6 is 0 Å². The van der Waals surface area contributed by atoms with E-state index in [9.17, 15) is 10.1 Å². The zero-order chi connectivity index (χ0) is 25.0. The third-order valence-corrected chi connectivity index (χ3v) is 8.26. The first-order valence-electron chi connectivity index (χ1n) is 12.4. The number of fused-ring (bicyclic) bond motifs is 4. The van der Waals surface area contributed by atoms with Gasteiger partial charge in [0, 0.05) is 22.5 Å². The van der Waals surface area contributed by atoms with Gasteiger partial charge in [-0.1, -0.05) is 25.1 Å². The molecule has 2 aromatic carbocycles. The van der Waals surface area contributed by atoms with Gasteiger partial charge in [-0.3, -0.25) is 4.79 Å². The van der Waals surface area contributed by atoms with Gasteiger partial charge in [0.15, 0.2) is 5.78 Å². The van der Waals surface area contributed by atoms with E-state index in [1.807, 2.05) is 32.0 Å². The molecule has 0 amide bonds. The van der Waals surface area contributed by atoms with E-state index >= 15 is 0 Å². The van der Waals surface area contributed by atoms with Crippen molar-refractivity contribution in [2.45, 2.75) is 38.5 Å².